The van der Waals surface area contributed by atoms with Crippen molar-refractivity contribution in [3.8, 4) is 0 Å². The third kappa shape index (κ3) is 3.07. The fourth-order valence-corrected chi connectivity index (χ4v) is 2.21. The largest absolute Gasteiger partial charge is 0.385 e. The molecule has 1 fully saturated rings. The maximum absolute atomic E-state index is 11.1. The minimum Gasteiger partial charge on any atom is -0.385 e. The lowest BCUT2D eigenvalue weighted by molar-refractivity contribution is -0.141. The van der Waals surface area contributed by atoms with Crippen LogP contribution in [0.4, 0.5) is 0 Å². The maximum atomic E-state index is 11.1. The van der Waals surface area contributed by atoms with E-state index in [2.05, 4.69) is 20.8 Å². The summed E-state index contributed by atoms with van der Waals surface area (Å²) in [5.74, 6) is -0.146. The summed E-state index contributed by atoms with van der Waals surface area (Å²) in [6.45, 7) is 6.38. The molecule has 82 valence electrons. The Labute approximate surface area is 85.1 Å². The van der Waals surface area contributed by atoms with Crippen LogP contribution in [0.1, 0.15) is 40.0 Å². The summed E-state index contributed by atoms with van der Waals surface area (Å²) < 4.78 is 0. The van der Waals surface area contributed by atoms with Crippen molar-refractivity contribution in [1.82, 2.24) is 0 Å². The minimum absolute atomic E-state index is 0.185. The van der Waals surface area contributed by atoms with Crippen molar-refractivity contribution in [3.05, 3.63) is 0 Å². The van der Waals surface area contributed by atoms with Crippen molar-refractivity contribution in [2.45, 2.75) is 52.2 Å². The molecule has 0 spiro atoms. The second kappa shape index (κ2) is 3.99. The number of carbonyl (C=O) groups is 1. The fourth-order valence-electron chi connectivity index (χ4n) is 2.21. The Kier molecular flexibility index (Phi) is 3.32. The highest BCUT2D eigenvalue weighted by atomic mass is 16.3. The van der Waals surface area contributed by atoms with Gasteiger partial charge in [0.25, 0.3) is 0 Å². The van der Waals surface area contributed by atoms with E-state index in [-0.39, 0.29) is 11.3 Å². The van der Waals surface area contributed by atoms with Crippen LogP contribution >= 0.6 is 0 Å². The SMILES string of the molecule is CC(C)(C)CC1CC(O)C(=O)C(O)C1. The average Bonchev–Trinajstić information content (AvgIpc) is 1.96. The van der Waals surface area contributed by atoms with Crippen molar-refractivity contribution in [2.24, 2.45) is 11.3 Å². The van der Waals surface area contributed by atoms with Crippen LogP contribution in [0.2, 0.25) is 0 Å². The van der Waals surface area contributed by atoms with Crippen molar-refractivity contribution < 1.29 is 15.0 Å². The molecule has 2 unspecified atom stereocenters. The number of ketones is 1. The van der Waals surface area contributed by atoms with Crippen LogP contribution in [0.15, 0.2) is 0 Å². The van der Waals surface area contributed by atoms with Crippen molar-refractivity contribution in [1.29, 1.82) is 0 Å². The predicted octanol–water partition coefficient (Wildman–Crippen LogP) is 1.12. The van der Waals surface area contributed by atoms with E-state index in [1.807, 2.05) is 0 Å². The Morgan fingerprint density at radius 3 is 2.00 bits per heavy atom. The molecule has 3 heteroatoms. The highest BCUT2D eigenvalue weighted by molar-refractivity contribution is 5.87. The van der Waals surface area contributed by atoms with Crippen molar-refractivity contribution in [3.63, 3.8) is 0 Å². The minimum atomic E-state index is -0.953. The molecule has 0 aliphatic heterocycles. The number of aliphatic hydroxyl groups is 2. The molecule has 0 radical (unpaired) electrons. The second-order valence-electron chi connectivity index (χ2n) is 5.54. The lowest BCUT2D eigenvalue weighted by Crippen LogP contribution is -2.41. The first-order valence-corrected chi connectivity index (χ1v) is 5.19. The Morgan fingerprint density at radius 1 is 1.21 bits per heavy atom. The van der Waals surface area contributed by atoms with Gasteiger partial charge in [-0.3, -0.25) is 4.79 Å². The molecule has 1 rings (SSSR count). The van der Waals surface area contributed by atoms with Gasteiger partial charge in [-0.25, -0.2) is 0 Å². The molecule has 14 heavy (non-hydrogen) atoms. The molecule has 1 aliphatic rings. The number of carbonyl (C=O) groups excluding carboxylic acids is 1. The van der Waals surface area contributed by atoms with E-state index < -0.39 is 18.0 Å². The van der Waals surface area contributed by atoms with E-state index in [0.29, 0.717) is 12.8 Å². The Morgan fingerprint density at radius 2 is 1.64 bits per heavy atom. The van der Waals surface area contributed by atoms with Gasteiger partial charge in [-0.1, -0.05) is 20.8 Å². The molecule has 0 aromatic carbocycles. The van der Waals surface area contributed by atoms with E-state index in [1.165, 1.54) is 0 Å². The summed E-state index contributed by atoms with van der Waals surface area (Å²) in [6, 6.07) is 0. The first-order valence-electron chi connectivity index (χ1n) is 5.19. The molecule has 0 amide bonds. The Hall–Kier alpha value is -0.410. The summed E-state index contributed by atoms with van der Waals surface area (Å²) in [4.78, 5) is 11.1. The van der Waals surface area contributed by atoms with E-state index >= 15 is 0 Å². The van der Waals surface area contributed by atoms with Gasteiger partial charge in [-0.15, -0.1) is 0 Å². The molecule has 0 aromatic rings. The van der Waals surface area contributed by atoms with Gasteiger partial charge < -0.3 is 10.2 Å². The molecule has 0 heterocycles. The van der Waals surface area contributed by atoms with Gasteiger partial charge in [0, 0.05) is 0 Å². The van der Waals surface area contributed by atoms with Gasteiger partial charge in [0.2, 0.25) is 0 Å². The summed E-state index contributed by atoms with van der Waals surface area (Å²) in [5, 5.41) is 18.8. The van der Waals surface area contributed by atoms with Gasteiger partial charge in [-0.2, -0.15) is 0 Å². The zero-order valence-electron chi connectivity index (χ0n) is 9.16. The molecule has 3 nitrogen and oxygen atoms in total. The molecule has 2 atom stereocenters. The topological polar surface area (TPSA) is 57.5 Å². The molecule has 1 saturated carbocycles. The molecular formula is C11H20O3. The normalized spacial score (nSPS) is 34.6. The number of hydrogen-bond donors (Lipinski definition) is 2. The van der Waals surface area contributed by atoms with Crippen LogP contribution in [-0.4, -0.2) is 28.2 Å². The van der Waals surface area contributed by atoms with Gasteiger partial charge in [0.05, 0.1) is 0 Å². The van der Waals surface area contributed by atoms with Gasteiger partial charge >= 0.3 is 0 Å². The van der Waals surface area contributed by atoms with Crippen LogP contribution in [0, 0.1) is 11.3 Å². The molecule has 0 saturated heterocycles. The summed E-state index contributed by atoms with van der Waals surface area (Å²) in [7, 11) is 0. The molecule has 0 bridgehead atoms. The fraction of sp³-hybridized carbons (Fsp3) is 0.909. The Balaban J connectivity index is 2.54. The summed E-state index contributed by atoms with van der Waals surface area (Å²) >= 11 is 0. The summed E-state index contributed by atoms with van der Waals surface area (Å²) in [5.41, 5.74) is 0.185. The van der Waals surface area contributed by atoms with Crippen LogP contribution in [0.5, 0.6) is 0 Å². The van der Waals surface area contributed by atoms with Crippen LogP contribution in [-0.2, 0) is 4.79 Å². The van der Waals surface area contributed by atoms with Crippen molar-refractivity contribution in [2.75, 3.05) is 0 Å². The maximum Gasteiger partial charge on any atom is 0.189 e. The average molecular weight is 200 g/mol. The first kappa shape index (κ1) is 11.7. The number of Topliss-reactive ketones (excluding diaryl/α,β-unsaturated/α-hetero) is 1. The molecule has 2 N–H and O–H groups in total. The number of rotatable bonds is 1. The highest BCUT2D eigenvalue weighted by Gasteiger charge is 2.35. The zero-order valence-corrected chi connectivity index (χ0v) is 9.16. The molecular weight excluding hydrogens is 180 g/mol. The zero-order chi connectivity index (χ0) is 10.9. The Bertz CT molecular complexity index is 203. The van der Waals surface area contributed by atoms with E-state index in [9.17, 15) is 15.0 Å². The van der Waals surface area contributed by atoms with Gasteiger partial charge in [-0.05, 0) is 30.6 Å². The monoisotopic (exact) mass is 200 g/mol. The standard InChI is InChI=1S/C11H20O3/c1-11(2,3)6-7-4-8(12)10(14)9(13)5-7/h7-9,12-13H,4-6H2,1-3H3. The third-order valence-electron chi connectivity index (χ3n) is 2.67. The molecule has 0 aromatic heterocycles. The lowest BCUT2D eigenvalue weighted by atomic mass is 9.75. The smallest absolute Gasteiger partial charge is 0.189 e. The third-order valence-corrected chi connectivity index (χ3v) is 2.67. The number of hydrogen-bond acceptors (Lipinski definition) is 3. The second-order valence-corrected chi connectivity index (χ2v) is 5.54. The van der Waals surface area contributed by atoms with Gasteiger partial charge in [0.15, 0.2) is 5.78 Å². The highest BCUT2D eigenvalue weighted by Crippen LogP contribution is 2.33. The summed E-state index contributed by atoms with van der Waals surface area (Å²) in [6.07, 6.45) is 0.0477. The molecule has 1 aliphatic carbocycles. The van der Waals surface area contributed by atoms with Crippen LogP contribution in [0.3, 0.4) is 0 Å². The van der Waals surface area contributed by atoms with Crippen LogP contribution in [0.25, 0.3) is 0 Å². The van der Waals surface area contributed by atoms with Crippen LogP contribution < -0.4 is 0 Å². The number of aliphatic hydroxyl groups excluding tert-OH is 2. The lowest BCUT2D eigenvalue weighted by Gasteiger charge is -2.32. The van der Waals surface area contributed by atoms with E-state index in [0.717, 1.165) is 6.42 Å². The first-order chi connectivity index (χ1) is 6.29. The van der Waals surface area contributed by atoms with E-state index in [1.54, 1.807) is 0 Å². The van der Waals surface area contributed by atoms with Crippen molar-refractivity contribution >= 4 is 5.78 Å². The predicted molar refractivity (Wildman–Crippen MR) is 53.8 cm³/mol. The quantitative estimate of drug-likeness (QED) is 0.667. The van der Waals surface area contributed by atoms with E-state index in [4.69, 9.17) is 0 Å². The van der Waals surface area contributed by atoms with Gasteiger partial charge in [0.1, 0.15) is 12.2 Å².